The standard InChI is InChI=1S/C8H5F3INO3S/c9-8(10,11)17(15,16)13-7(14)5-2-1-3-6(12)4-5/h1-4H,(H,13,14)/p-1. The lowest BCUT2D eigenvalue weighted by Crippen LogP contribution is -2.27. The van der Waals surface area contributed by atoms with Gasteiger partial charge in [-0.2, -0.15) is 26.0 Å². The van der Waals surface area contributed by atoms with Crippen LogP contribution in [0, 0.1) is 3.57 Å². The minimum absolute atomic E-state index is 0.218. The van der Waals surface area contributed by atoms with E-state index in [1.807, 2.05) is 22.6 Å². The van der Waals surface area contributed by atoms with Gasteiger partial charge in [0, 0.05) is 9.47 Å². The van der Waals surface area contributed by atoms with Crippen molar-refractivity contribution in [3.05, 3.63) is 33.4 Å². The van der Waals surface area contributed by atoms with Crippen molar-refractivity contribution in [3.63, 3.8) is 0 Å². The fourth-order valence-electron chi connectivity index (χ4n) is 0.835. The van der Waals surface area contributed by atoms with Crippen LogP contribution >= 0.6 is 22.6 Å². The summed E-state index contributed by atoms with van der Waals surface area (Å²) in [6.45, 7) is 0. The van der Waals surface area contributed by atoms with E-state index < -0.39 is 21.4 Å². The number of halogens is 4. The third-order valence-corrected chi connectivity index (χ3v) is 3.23. The van der Waals surface area contributed by atoms with Crippen molar-refractivity contribution in [2.75, 3.05) is 0 Å². The first kappa shape index (κ1) is 14.2. The lowest BCUT2D eigenvalue weighted by atomic mass is 10.2. The first-order chi connectivity index (χ1) is 7.63. The molecule has 0 N–H and O–H groups in total. The lowest BCUT2D eigenvalue weighted by Gasteiger charge is -2.11. The van der Waals surface area contributed by atoms with Gasteiger partial charge in [0.15, 0.2) is 0 Å². The minimum Gasteiger partial charge on any atom is -0.858 e. The van der Waals surface area contributed by atoms with E-state index in [1.54, 1.807) is 6.07 Å². The maximum Gasteiger partial charge on any atom is 0.518 e. The molecular weight excluding hydrogens is 374 g/mol. The molecule has 1 aromatic carbocycles. The highest BCUT2D eigenvalue weighted by atomic mass is 127. The maximum atomic E-state index is 12.0. The highest BCUT2D eigenvalue weighted by Crippen LogP contribution is 2.24. The van der Waals surface area contributed by atoms with Gasteiger partial charge in [-0.3, -0.25) is 0 Å². The summed E-state index contributed by atoms with van der Waals surface area (Å²) < 4.78 is 59.8. The van der Waals surface area contributed by atoms with Gasteiger partial charge in [-0.05, 0) is 40.3 Å². The Balaban J connectivity index is 3.19. The molecule has 0 bridgehead atoms. The van der Waals surface area contributed by atoms with Crippen molar-refractivity contribution >= 4 is 38.5 Å². The summed E-state index contributed by atoms with van der Waals surface area (Å²) in [5.74, 6) is -1.44. The zero-order chi connectivity index (χ0) is 13.3. The fraction of sp³-hybridized carbons (Fsp3) is 0.125. The Morgan fingerprint density at radius 1 is 1.35 bits per heavy atom. The van der Waals surface area contributed by atoms with Gasteiger partial charge in [-0.25, -0.2) is 0 Å². The van der Waals surface area contributed by atoms with Gasteiger partial charge in [-0.1, -0.05) is 12.1 Å². The van der Waals surface area contributed by atoms with Crippen LogP contribution in [-0.4, -0.2) is 19.8 Å². The van der Waals surface area contributed by atoms with E-state index in [9.17, 15) is 26.7 Å². The third kappa shape index (κ3) is 3.56. The van der Waals surface area contributed by atoms with E-state index in [1.165, 1.54) is 18.2 Å². The van der Waals surface area contributed by atoms with Gasteiger partial charge in [-0.15, -0.1) is 0 Å². The molecule has 0 saturated heterocycles. The number of alkyl halides is 3. The van der Waals surface area contributed by atoms with Crippen molar-refractivity contribution in [1.29, 1.82) is 0 Å². The van der Waals surface area contributed by atoms with Crippen molar-refractivity contribution in [1.82, 2.24) is 0 Å². The number of benzene rings is 1. The number of sulfonamides is 1. The Morgan fingerprint density at radius 2 is 1.94 bits per heavy atom. The molecule has 1 rings (SSSR count). The van der Waals surface area contributed by atoms with E-state index in [-0.39, 0.29) is 5.56 Å². The first-order valence-electron chi connectivity index (χ1n) is 3.98. The molecule has 0 aliphatic heterocycles. The third-order valence-electron chi connectivity index (χ3n) is 1.57. The predicted molar refractivity (Wildman–Crippen MR) is 60.7 cm³/mol. The first-order valence-corrected chi connectivity index (χ1v) is 6.49. The molecule has 0 spiro atoms. The monoisotopic (exact) mass is 378 g/mol. The quantitative estimate of drug-likeness (QED) is 0.442. The molecule has 0 aromatic heterocycles. The van der Waals surface area contributed by atoms with Gasteiger partial charge < -0.3 is 5.11 Å². The second-order valence-electron chi connectivity index (χ2n) is 2.83. The predicted octanol–water partition coefficient (Wildman–Crippen LogP) is 1.25. The van der Waals surface area contributed by atoms with Crippen LogP contribution in [0.15, 0.2) is 28.7 Å². The molecule has 94 valence electrons. The van der Waals surface area contributed by atoms with Crippen molar-refractivity contribution in [2.24, 2.45) is 4.40 Å². The minimum atomic E-state index is -5.78. The summed E-state index contributed by atoms with van der Waals surface area (Å²) in [6.07, 6.45) is 0. The zero-order valence-electron chi connectivity index (χ0n) is 7.90. The fourth-order valence-corrected chi connectivity index (χ4v) is 1.81. The Hall–Kier alpha value is -0.840. The van der Waals surface area contributed by atoms with Crippen LogP contribution in [0.3, 0.4) is 0 Å². The normalized spacial score (nSPS) is 13.8. The number of nitrogens with zero attached hydrogens (tertiary/aromatic N) is 1. The van der Waals surface area contributed by atoms with Crippen LogP contribution in [0.4, 0.5) is 13.2 Å². The number of hydrogen-bond acceptors (Lipinski definition) is 3. The maximum absolute atomic E-state index is 12.0. The van der Waals surface area contributed by atoms with E-state index in [4.69, 9.17) is 0 Å². The topological polar surface area (TPSA) is 69.6 Å². The molecule has 0 heterocycles. The van der Waals surface area contributed by atoms with Crippen molar-refractivity contribution in [3.8, 4) is 0 Å². The van der Waals surface area contributed by atoms with Gasteiger partial charge in [0.2, 0.25) is 0 Å². The Morgan fingerprint density at radius 3 is 2.41 bits per heavy atom. The molecule has 1 aromatic rings. The Bertz CT molecular complexity index is 553. The van der Waals surface area contributed by atoms with E-state index in [2.05, 4.69) is 4.40 Å². The average molecular weight is 378 g/mol. The number of hydrogen-bond donors (Lipinski definition) is 0. The highest BCUT2D eigenvalue weighted by Gasteiger charge is 2.45. The molecule has 0 amide bonds. The average Bonchev–Trinajstić information content (AvgIpc) is 2.15. The molecule has 0 fully saturated rings. The van der Waals surface area contributed by atoms with Gasteiger partial charge in [0.1, 0.15) is 0 Å². The van der Waals surface area contributed by atoms with Crippen LogP contribution in [-0.2, 0) is 10.0 Å². The Labute approximate surface area is 108 Å². The highest BCUT2D eigenvalue weighted by molar-refractivity contribution is 14.1. The number of rotatable bonds is 2. The summed E-state index contributed by atoms with van der Waals surface area (Å²) in [7, 11) is -5.78. The molecule has 4 nitrogen and oxygen atoms in total. The smallest absolute Gasteiger partial charge is 0.518 e. The molecule has 0 aliphatic rings. The summed E-state index contributed by atoms with van der Waals surface area (Å²) in [5.41, 5.74) is -5.78. The van der Waals surface area contributed by atoms with Crippen LogP contribution in [0.1, 0.15) is 5.56 Å². The Kier molecular flexibility index (Phi) is 4.02. The molecule has 9 heteroatoms. The van der Waals surface area contributed by atoms with E-state index in [0.717, 1.165) is 0 Å². The lowest BCUT2D eigenvalue weighted by molar-refractivity contribution is -0.212. The van der Waals surface area contributed by atoms with Crippen LogP contribution in [0.25, 0.3) is 0 Å². The van der Waals surface area contributed by atoms with Crippen molar-refractivity contribution < 1.29 is 26.7 Å². The molecule has 0 unspecified atom stereocenters. The van der Waals surface area contributed by atoms with E-state index >= 15 is 0 Å². The van der Waals surface area contributed by atoms with Crippen LogP contribution in [0.2, 0.25) is 0 Å². The second-order valence-corrected chi connectivity index (χ2v) is 5.67. The molecular formula is C8H4F3INO3S-. The largest absolute Gasteiger partial charge is 0.858 e. The molecule has 0 saturated carbocycles. The second kappa shape index (κ2) is 4.80. The van der Waals surface area contributed by atoms with Crippen molar-refractivity contribution in [2.45, 2.75) is 5.51 Å². The summed E-state index contributed by atoms with van der Waals surface area (Å²) in [4.78, 5) is 0. The SMILES string of the molecule is O=S(=O)(/N=C(\[O-])c1cccc(I)c1)C(F)(F)F. The molecule has 0 atom stereocenters. The molecule has 17 heavy (non-hydrogen) atoms. The van der Waals surface area contributed by atoms with Gasteiger partial charge >= 0.3 is 15.5 Å². The van der Waals surface area contributed by atoms with Crippen LogP contribution < -0.4 is 5.11 Å². The summed E-state index contributed by atoms with van der Waals surface area (Å²) in [5, 5.41) is 11.2. The molecule has 0 radical (unpaired) electrons. The zero-order valence-corrected chi connectivity index (χ0v) is 10.9. The molecule has 0 aliphatic carbocycles. The van der Waals surface area contributed by atoms with Gasteiger partial charge in [0.05, 0.1) is 0 Å². The summed E-state index contributed by atoms with van der Waals surface area (Å²) in [6, 6.07) is 5.42. The van der Waals surface area contributed by atoms with Crippen LogP contribution in [0.5, 0.6) is 0 Å². The summed E-state index contributed by atoms with van der Waals surface area (Å²) >= 11 is 1.83. The van der Waals surface area contributed by atoms with E-state index in [0.29, 0.717) is 3.57 Å². The van der Waals surface area contributed by atoms with Gasteiger partial charge in [0.25, 0.3) is 0 Å².